The highest BCUT2D eigenvalue weighted by molar-refractivity contribution is 6.31. The van der Waals surface area contributed by atoms with Gasteiger partial charge in [-0.05, 0) is 42.5 Å². The van der Waals surface area contributed by atoms with E-state index in [1.54, 1.807) is 13.2 Å². The van der Waals surface area contributed by atoms with Crippen molar-refractivity contribution in [2.45, 2.75) is 0 Å². The lowest BCUT2D eigenvalue weighted by atomic mass is 10.2. The average molecular weight is 446 g/mol. The molecule has 0 radical (unpaired) electrons. The second-order valence-corrected chi connectivity index (χ2v) is 7.45. The fraction of sp³-hybridized carbons (Fsp3) is 0.0769. The van der Waals surface area contributed by atoms with Gasteiger partial charge in [-0.2, -0.15) is 5.12 Å². The number of ether oxygens (including phenoxy) is 2. The number of benzene rings is 4. The summed E-state index contributed by atoms with van der Waals surface area (Å²) in [5, 5.41) is 4.46. The molecule has 0 unspecified atom stereocenters. The van der Waals surface area contributed by atoms with E-state index >= 15 is 0 Å². The summed E-state index contributed by atoms with van der Waals surface area (Å²) >= 11 is 6.46. The SMILES string of the molecule is COc1c(NN(c2ccccc2)N(C)c2ccccc2)cc(Cl)cc1Oc1ccccc1. The summed E-state index contributed by atoms with van der Waals surface area (Å²) in [5.74, 6) is 1.75. The van der Waals surface area contributed by atoms with Gasteiger partial charge in [-0.1, -0.05) is 66.2 Å². The third kappa shape index (κ3) is 4.90. The van der Waals surface area contributed by atoms with Crippen molar-refractivity contribution in [1.29, 1.82) is 0 Å². The van der Waals surface area contributed by atoms with E-state index in [1.165, 1.54) is 0 Å². The Labute approximate surface area is 193 Å². The zero-order valence-electron chi connectivity index (χ0n) is 17.9. The van der Waals surface area contributed by atoms with Crippen LogP contribution in [-0.4, -0.2) is 14.2 Å². The largest absolute Gasteiger partial charge is 0.491 e. The molecule has 4 rings (SSSR count). The van der Waals surface area contributed by atoms with E-state index in [0.29, 0.717) is 28.0 Å². The van der Waals surface area contributed by atoms with Crippen LogP contribution in [-0.2, 0) is 0 Å². The number of nitrogens with one attached hydrogen (secondary N) is 1. The van der Waals surface area contributed by atoms with Gasteiger partial charge in [-0.25, -0.2) is 0 Å². The van der Waals surface area contributed by atoms with E-state index in [9.17, 15) is 0 Å². The van der Waals surface area contributed by atoms with Gasteiger partial charge in [0.2, 0.25) is 0 Å². The van der Waals surface area contributed by atoms with E-state index in [4.69, 9.17) is 21.1 Å². The quantitative estimate of drug-likeness (QED) is 0.295. The van der Waals surface area contributed by atoms with Crippen LogP contribution in [0.3, 0.4) is 0 Å². The Kier molecular flexibility index (Phi) is 6.68. The highest BCUT2D eigenvalue weighted by Crippen LogP contribution is 2.41. The zero-order chi connectivity index (χ0) is 22.3. The summed E-state index contributed by atoms with van der Waals surface area (Å²) < 4.78 is 11.8. The Morgan fingerprint density at radius 1 is 0.750 bits per heavy atom. The maximum atomic E-state index is 6.46. The van der Waals surface area contributed by atoms with Gasteiger partial charge in [0.15, 0.2) is 11.5 Å². The lowest BCUT2D eigenvalue weighted by Crippen LogP contribution is -2.44. The molecule has 0 saturated heterocycles. The number of hydrogen-bond acceptors (Lipinski definition) is 5. The second-order valence-electron chi connectivity index (χ2n) is 7.02. The lowest BCUT2D eigenvalue weighted by molar-refractivity contribution is 0.380. The van der Waals surface area contributed by atoms with Gasteiger partial charge in [0.25, 0.3) is 0 Å². The molecule has 162 valence electrons. The van der Waals surface area contributed by atoms with Crippen LogP contribution in [0.15, 0.2) is 103 Å². The molecule has 0 aliphatic rings. The number of methoxy groups -OCH3 is 1. The number of hydrazine groups is 2. The molecule has 4 aromatic carbocycles. The third-order valence-electron chi connectivity index (χ3n) is 4.85. The highest BCUT2D eigenvalue weighted by Gasteiger charge is 2.19. The molecule has 0 aliphatic carbocycles. The molecule has 1 N–H and O–H groups in total. The second kappa shape index (κ2) is 9.98. The van der Waals surface area contributed by atoms with Gasteiger partial charge in [0.05, 0.1) is 18.5 Å². The van der Waals surface area contributed by atoms with Gasteiger partial charge in [0, 0.05) is 18.1 Å². The molecule has 0 fully saturated rings. The van der Waals surface area contributed by atoms with Crippen LogP contribution >= 0.6 is 11.6 Å². The fourth-order valence-corrected chi connectivity index (χ4v) is 3.52. The van der Waals surface area contributed by atoms with Crippen molar-refractivity contribution in [2.75, 3.05) is 29.7 Å². The molecule has 4 aromatic rings. The lowest BCUT2D eigenvalue weighted by Gasteiger charge is -2.36. The summed E-state index contributed by atoms with van der Waals surface area (Å²) in [6.45, 7) is 0. The van der Waals surface area contributed by atoms with Crippen LogP contribution in [0.5, 0.6) is 17.2 Å². The van der Waals surface area contributed by atoms with Gasteiger partial charge >= 0.3 is 0 Å². The molecule has 0 heterocycles. The van der Waals surface area contributed by atoms with E-state index in [-0.39, 0.29) is 0 Å². The number of hydrogen-bond donors (Lipinski definition) is 1. The first-order chi connectivity index (χ1) is 15.7. The predicted molar refractivity (Wildman–Crippen MR) is 132 cm³/mol. The Morgan fingerprint density at radius 3 is 1.91 bits per heavy atom. The topological polar surface area (TPSA) is 37.0 Å². The van der Waals surface area contributed by atoms with E-state index in [1.807, 2.05) is 114 Å². The van der Waals surface area contributed by atoms with Crippen molar-refractivity contribution in [3.63, 3.8) is 0 Å². The van der Waals surface area contributed by atoms with Crippen molar-refractivity contribution >= 4 is 28.7 Å². The smallest absolute Gasteiger partial charge is 0.186 e. The van der Waals surface area contributed by atoms with Crippen LogP contribution in [0, 0.1) is 0 Å². The Balaban J connectivity index is 1.73. The summed E-state index contributed by atoms with van der Waals surface area (Å²) in [5.41, 5.74) is 6.06. The summed E-state index contributed by atoms with van der Waals surface area (Å²) in [7, 11) is 3.59. The van der Waals surface area contributed by atoms with Crippen LogP contribution in [0.1, 0.15) is 0 Å². The van der Waals surface area contributed by atoms with Crippen molar-refractivity contribution in [3.8, 4) is 17.2 Å². The number of rotatable bonds is 8. The molecule has 32 heavy (non-hydrogen) atoms. The van der Waals surface area contributed by atoms with Gasteiger partial charge in [0.1, 0.15) is 11.4 Å². The van der Waals surface area contributed by atoms with Gasteiger partial charge in [-0.15, -0.1) is 0 Å². The first-order valence-corrected chi connectivity index (χ1v) is 10.5. The first-order valence-electron chi connectivity index (χ1n) is 10.2. The fourth-order valence-electron chi connectivity index (χ4n) is 3.31. The molecule has 0 atom stereocenters. The molecule has 0 bridgehead atoms. The Hall–Kier alpha value is -3.83. The Morgan fingerprint density at radius 2 is 1.31 bits per heavy atom. The van der Waals surface area contributed by atoms with Crippen LogP contribution in [0.4, 0.5) is 17.1 Å². The molecule has 0 spiro atoms. The number of para-hydroxylation sites is 3. The molecule has 0 aliphatic heterocycles. The normalized spacial score (nSPS) is 10.3. The third-order valence-corrected chi connectivity index (χ3v) is 5.07. The summed E-state index contributed by atoms with van der Waals surface area (Å²) in [6, 6.07) is 33.1. The number of anilines is 3. The number of nitrogens with zero attached hydrogens (tertiary/aromatic N) is 2. The monoisotopic (exact) mass is 445 g/mol. The maximum Gasteiger partial charge on any atom is 0.186 e. The predicted octanol–water partition coefficient (Wildman–Crippen LogP) is 7.03. The zero-order valence-corrected chi connectivity index (χ0v) is 18.7. The molecular weight excluding hydrogens is 422 g/mol. The van der Waals surface area contributed by atoms with Crippen molar-refractivity contribution in [2.24, 2.45) is 0 Å². The first kappa shape index (κ1) is 21.4. The van der Waals surface area contributed by atoms with E-state index in [2.05, 4.69) is 5.43 Å². The summed E-state index contributed by atoms with van der Waals surface area (Å²) in [6.07, 6.45) is 0. The minimum atomic E-state index is 0.518. The molecule has 6 heteroatoms. The average Bonchev–Trinajstić information content (AvgIpc) is 2.84. The Bertz CT molecular complexity index is 1140. The standard InChI is InChI=1S/C26H24ClN3O2/c1-29(21-12-6-3-7-13-21)30(22-14-8-4-9-15-22)28-24-18-20(27)19-25(26(24)31-2)32-23-16-10-5-11-17-23/h3-19,28H,1-2H3. The molecule has 0 amide bonds. The van der Waals surface area contributed by atoms with Crippen LogP contribution in [0.2, 0.25) is 5.02 Å². The minimum absolute atomic E-state index is 0.518. The van der Waals surface area contributed by atoms with Crippen LogP contribution < -0.4 is 25.0 Å². The highest BCUT2D eigenvalue weighted by atomic mass is 35.5. The molecule has 0 aromatic heterocycles. The molecule has 5 nitrogen and oxygen atoms in total. The summed E-state index contributed by atoms with van der Waals surface area (Å²) in [4.78, 5) is 0. The minimum Gasteiger partial charge on any atom is -0.491 e. The molecular formula is C26H24ClN3O2. The van der Waals surface area contributed by atoms with Crippen molar-refractivity contribution in [3.05, 3.63) is 108 Å². The van der Waals surface area contributed by atoms with E-state index < -0.39 is 0 Å². The molecule has 0 saturated carbocycles. The van der Waals surface area contributed by atoms with Crippen molar-refractivity contribution in [1.82, 2.24) is 0 Å². The van der Waals surface area contributed by atoms with Gasteiger partial charge in [-0.3, -0.25) is 10.4 Å². The number of halogens is 1. The van der Waals surface area contributed by atoms with Gasteiger partial charge < -0.3 is 9.47 Å². The van der Waals surface area contributed by atoms with Crippen molar-refractivity contribution < 1.29 is 9.47 Å². The van der Waals surface area contributed by atoms with E-state index in [0.717, 1.165) is 11.4 Å². The maximum absolute atomic E-state index is 6.46. The van der Waals surface area contributed by atoms with Crippen LogP contribution in [0.25, 0.3) is 0 Å².